The first-order chi connectivity index (χ1) is 8.54. The van der Waals surface area contributed by atoms with Gasteiger partial charge in [0, 0.05) is 23.4 Å². The van der Waals surface area contributed by atoms with Crippen molar-refractivity contribution < 1.29 is 0 Å². The summed E-state index contributed by atoms with van der Waals surface area (Å²) >= 11 is 0. The monoisotopic (exact) mass is 247 g/mol. The van der Waals surface area contributed by atoms with E-state index >= 15 is 0 Å². The Kier molecular flexibility index (Phi) is 5.25. The molecular weight excluding hydrogens is 218 g/mol. The first-order valence-corrected chi connectivity index (χ1v) is 7.35. The van der Waals surface area contributed by atoms with Crippen molar-refractivity contribution in [1.82, 2.24) is 4.90 Å². The van der Waals surface area contributed by atoms with Gasteiger partial charge in [0.15, 0.2) is 0 Å². The van der Waals surface area contributed by atoms with Gasteiger partial charge < -0.3 is 4.90 Å². The second kappa shape index (κ2) is 6.26. The topological polar surface area (TPSA) is 3.24 Å². The van der Waals surface area contributed by atoms with Gasteiger partial charge in [-0.25, -0.2) is 0 Å². The molecule has 18 heavy (non-hydrogen) atoms. The quantitative estimate of drug-likeness (QED) is 0.639. The van der Waals surface area contributed by atoms with Crippen LogP contribution in [0.3, 0.4) is 0 Å². The van der Waals surface area contributed by atoms with E-state index in [1.807, 2.05) is 0 Å². The van der Waals surface area contributed by atoms with Crippen molar-refractivity contribution in [3.63, 3.8) is 0 Å². The summed E-state index contributed by atoms with van der Waals surface area (Å²) in [4.78, 5) is 2.53. The second-order valence-corrected chi connectivity index (χ2v) is 5.52. The minimum atomic E-state index is 0.187. The average Bonchev–Trinajstić information content (AvgIpc) is 2.53. The van der Waals surface area contributed by atoms with Gasteiger partial charge in [-0.2, -0.15) is 0 Å². The molecule has 0 fully saturated rings. The predicted molar refractivity (Wildman–Crippen MR) is 81.3 cm³/mol. The SMILES string of the molecule is CC=CC1=C(CC)C(C)(C)C(=CC)N1CCCC. The van der Waals surface area contributed by atoms with Crippen molar-refractivity contribution in [1.29, 1.82) is 0 Å². The largest absolute Gasteiger partial charge is 0.345 e. The second-order valence-electron chi connectivity index (χ2n) is 5.52. The fraction of sp³-hybridized carbons (Fsp3) is 0.647. The van der Waals surface area contributed by atoms with Gasteiger partial charge >= 0.3 is 0 Å². The Labute approximate surface area is 113 Å². The zero-order valence-corrected chi connectivity index (χ0v) is 13.0. The standard InChI is InChI=1S/C17H29N/c1-7-11-13-18-15(12-8-2)14(9-3)17(5,6)16(18)10-4/h8,10,12H,7,9,11,13H2,1-6H3. The third kappa shape index (κ3) is 2.55. The summed E-state index contributed by atoms with van der Waals surface area (Å²) in [5.41, 5.74) is 4.67. The lowest BCUT2D eigenvalue weighted by atomic mass is 9.81. The molecule has 0 aliphatic carbocycles. The normalized spacial score (nSPS) is 21.7. The molecular formula is C17H29N. The van der Waals surface area contributed by atoms with Crippen LogP contribution in [-0.2, 0) is 0 Å². The highest BCUT2D eigenvalue weighted by Crippen LogP contribution is 2.48. The average molecular weight is 247 g/mol. The molecule has 102 valence electrons. The molecule has 0 amide bonds. The number of allylic oxidation sites excluding steroid dienone is 4. The lowest BCUT2D eigenvalue weighted by Crippen LogP contribution is -2.24. The summed E-state index contributed by atoms with van der Waals surface area (Å²) in [6, 6.07) is 0. The van der Waals surface area contributed by atoms with Crippen LogP contribution in [0.4, 0.5) is 0 Å². The van der Waals surface area contributed by atoms with Crippen LogP contribution in [-0.4, -0.2) is 11.4 Å². The number of hydrogen-bond donors (Lipinski definition) is 0. The van der Waals surface area contributed by atoms with Gasteiger partial charge in [-0.15, -0.1) is 0 Å². The smallest absolute Gasteiger partial charge is 0.0406 e. The summed E-state index contributed by atoms with van der Waals surface area (Å²) in [6.07, 6.45) is 10.4. The van der Waals surface area contributed by atoms with E-state index in [4.69, 9.17) is 0 Å². The molecule has 0 unspecified atom stereocenters. The molecule has 0 bridgehead atoms. The Bertz CT molecular complexity index is 369. The van der Waals surface area contributed by atoms with Gasteiger partial charge in [0.2, 0.25) is 0 Å². The summed E-state index contributed by atoms with van der Waals surface area (Å²) in [7, 11) is 0. The third-order valence-electron chi connectivity index (χ3n) is 3.97. The fourth-order valence-corrected chi connectivity index (χ4v) is 3.15. The summed E-state index contributed by atoms with van der Waals surface area (Å²) in [5, 5.41) is 0. The van der Waals surface area contributed by atoms with Gasteiger partial charge in [0.25, 0.3) is 0 Å². The molecule has 1 nitrogen and oxygen atoms in total. The molecule has 1 aliphatic rings. The van der Waals surface area contributed by atoms with E-state index in [9.17, 15) is 0 Å². The maximum Gasteiger partial charge on any atom is 0.0406 e. The highest BCUT2D eigenvalue weighted by atomic mass is 15.2. The van der Waals surface area contributed by atoms with Crippen molar-refractivity contribution in [2.24, 2.45) is 5.41 Å². The van der Waals surface area contributed by atoms with E-state index in [0.717, 1.165) is 13.0 Å². The van der Waals surface area contributed by atoms with Crippen LogP contribution >= 0.6 is 0 Å². The van der Waals surface area contributed by atoms with Crippen molar-refractivity contribution in [3.05, 3.63) is 35.2 Å². The molecule has 0 N–H and O–H groups in total. The predicted octanol–water partition coefficient (Wildman–Crippen LogP) is 5.27. The summed E-state index contributed by atoms with van der Waals surface area (Å²) in [5.74, 6) is 0. The molecule has 1 aliphatic heterocycles. The van der Waals surface area contributed by atoms with Crippen molar-refractivity contribution in [3.8, 4) is 0 Å². The van der Waals surface area contributed by atoms with E-state index in [0.29, 0.717) is 0 Å². The molecule has 0 aromatic carbocycles. The van der Waals surface area contributed by atoms with Crippen LogP contribution in [0.25, 0.3) is 0 Å². The number of nitrogens with zero attached hydrogens (tertiary/aromatic N) is 1. The first-order valence-electron chi connectivity index (χ1n) is 7.35. The molecule has 0 radical (unpaired) electrons. The Morgan fingerprint density at radius 2 is 1.83 bits per heavy atom. The number of rotatable bonds is 5. The maximum absolute atomic E-state index is 2.53. The van der Waals surface area contributed by atoms with Crippen molar-refractivity contribution in [2.45, 2.75) is 60.8 Å². The highest BCUT2D eigenvalue weighted by Gasteiger charge is 2.39. The molecule has 0 saturated carbocycles. The minimum absolute atomic E-state index is 0.187. The third-order valence-corrected chi connectivity index (χ3v) is 3.97. The van der Waals surface area contributed by atoms with Gasteiger partial charge in [-0.05, 0) is 38.3 Å². The number of hydrogen-bond acceptors (Lipinski definition) is 1. The van der Waals surface area contributed by atoms with E-state index < -0.39 is 0 Å². The molecule has 0 spiro atoms. The van der Waals surface area contributed by atoms with Gasteiger partial charge in [0.1, 0.15) is 0 Å². The Hall–Kier alpha value is -0.980. The van der Waals surface area contributed by atoms with Crippen LogP contribution in [0.2, 0.25) is 0 Å². The van der Waals surface area contributed by atoms with Crippen LogP contribution in [0, 0.1) is 5.41 Å². The minimum Gasteiger partial charge on any atom is -0.345 e. The Balaban J connectivity index is 3.23. The van der Waals surface area contributed by atoms with E-state index in [2.05, 4.69) is 64.7 Å². The van der Waals surface area contributed by atoms with Crippen LogP contribution in [0.15, 0.2) is 35.2 Å². The highest BCUT2D eigenvalue weighted by molar-refractivity contribution is 5.44. The van der Waals surface area contributed by atoms with Crippen LogP contribution < -0.4 is 0 Å². The molecule has 1 heterocycles. The van der Waals surface area contributed by atoms with Gasteiger partial charge in [-0.1, -0.05) is 46.3 Å². The maximum atomic E-state index is 2.53. The van der Waals surface area contributed by atoms with E-state index in [1.165, 1.54) is 24.2 Å². The van der Waals surface area contributed by atoms with Crippen LogP contribution in [0.1, 0.15) is 60.8 Å². The molecule has 0 atom stereocenters. The summed E-state index contributed by atoms with van der Waals surface area (Å²) in [6.45, 7) is 14.7. The molecule has 0 aromatic heterocycles. The Morgan fingerprint density at radius 1 is 1.17 bits per heavy atom. The van der Waals surface area contributed by atoms with Crippen molar-refractivity contribution in [2.75, 3.05) is 6.54 Å². The van der Waals surface area contributed by atoms with Gasteiger partial charge in [0.05, 0.1) is 0 Å². The lowest BCUT2D eigenvalue weighted by Gasteiger charge is -2.29. The van der Waals surface area contributed by atoms with E-state index in [1.54, 1.807) is 5.57 Å². The van der Waals surface area contributed by atoms with E-state index in [-0.39, 0.29) is 5.41 Å². The van der Waals surface area contributed by atoms with Crippen LogP contribution in [0.5, 0.6) is 0 Å². The molecule has 1 heteroatoms. The summed E-state index contributed by atoms with van der Waals surface area (Å²) < 4.78 is 0. The molecule has 0 saturated heterocycles. The zero-order chi connectivity index (χ0) is 13.8. The van der Waals surface area contributed by atoms with Gasteiger partial charge in [-0.3, -0.25) is 0 Å². The van der Waals surface area contributed by atoms with Crippen molar-refractivity contribution >= 4 is 0 Å². The fourth-order valence-electron chi connectivity index (χ4n) is 3.15. The molecule has 1 rings (SSSR count). The molecule has 0 aromatic rings. The number of unbranched alkanes of at least 4 members (excludes halogenated alkanes) is 1. The lowest BCUT2D eigenvalue weighted by molar-refractivity contribution is 0.379. The first kappa shape index (κ1) is 15.1. The Morgan fingerprint density at radius 3 is 2.28 bits per heavy atom. The zero-order valence-electron chi connectivity index (χ0n) is 13.0.